The van der Waals surface area contributed by atoms with Crippen molar-refractivity contribution in [3.63, 3.8) is 0 Å². The molecule has 1 aliphatic rings. The van der Waals surface area contributed by atoms with Gasteiger partial charge in [-0.3, -0.25) is 4.79 Å². The highest BCUT2D eigenvalue weighted by molar-refractivity contribution is 5.93. The summed E-state index contributed by atoms with van der Waals surface area (Å²) in [6.45, 7) is 3.25. The molecule has 1 aliphatic heterocycles. The molecule has 0 aliphatic carbocycles. The summed E-state index contributed by atoms with van der Waals surface area (Å²) in [4.78, 5) is 12.0. The number of halogens is 3. The van der Waals surface area contributed by atoms with E-state index >= 15 is 0 Å². The average molecular weight is 272 g/mol. The van der Waals surface area contributed by atoms with Gasteiger partial charge >= 0.3 is 6.18 Å². The molecule has 1 saturated heterocycles. The zero-order valence-corrected chi connectivity index (χ0v) is 10.4. The molecule has 19 heavy (non-hydrogen) atoms. The van der Waals surface area contributed by atoms with Crippen molar-refractivity contribution >= 4 is 11.6 Å². The third-order valence-electron chi connectivity index (χ3n) is 3.31. The third kappa shape index (κ3) is 3.26. The Kier molecular flexibility index (Phi) is 3.80. The smallest absolute Gasteiger partial charge is 0.326 e. The molecule has 0 bridgehead atoms. The van der Waals surface area contributed by atoms with Crippen LogP contribution in [-0.2, 0) is 11.0 Å². The van der Waals surface area contributed by atoms with Crippen molar-refractivity contribution in [3.05, 3.63) is 29.8 Å². The molecule has 2 rings (SSSR count). The van der Waals surface area contributed by atoms with E-state index in [4.69, 9.17) is 0 Å². The molecule has 1 aromatic carbocycles. The van der Waals surface area contributed by atoms with Gasteiger partial charge in [0.15, 0.2) is 0 Å². The molecular formula is C13H15F3N2O. The second kappa shape index (κ2) is 5.21. The Morgan fingerprint density at radius 1 is 1.37 bits per heavy atom. The Bertz CT molecular complexity index is 473. The highest BCUT2D eigenvalue weighted by Gasteiger charge is 2.32. The molecule has 1 fully saturated rings. The van der Waals surface area contributed by atoms with E-state index in [1.54, 1.807) is 0 Å². The van der Waals surface area contributed by atoms with Gasteiger partial charge in [0, 0.05) is 12.2 Å². The highest BCUT2D eigenvalue weighted by Crippen LogP contribution is 2.31. The fraction of sp³-hybridized carbons (Fsp3) is 0.462. The molecule has 104 valence electrons. The maximum Gasteiger partial charge on any atom is 0.416 e. The Hall–Kier alpha value is -1.56. The van der Waals surface area contributed by atoms with Gasteiger partial charge in [0.25, 0.3) is 0 Å². The number of carbonyl (C=O) groups excluding carboxylic acids is 1. The van der Waals surface area contributed by atoms with Crippen LogP contribution in [0.4, 0.5) is 18.9 Å². The minimum Gasteiger partial charge on any atom is -0.326 e. The first-order chi connectivity index (χ1) is 8.88. The van der Waals surface area contributed by atoms with Crippen molar-refractivity contribution in [2.45, 2.75) is 13.1 Å². The van der Waals surface area contributed by atoms with Crippen molar-refractivity contribution in [2.24, 2.45) is 11.8 Å². The molecule has 1 aromatic rings. The van der Waals surface area contributed by atoms with Crippen LogP contribution in [0.2, 0.25) is 0 Å². The highest BCUT2D eigenvalue weighted by atomic mass is 19.4. The van der Waals surface area contributed by atoms with Crippen molar-refractivity contribution in [1.82, 2.24) is 5.32 Å². The van der Waals surface area contributed by atoms with E-state index in [-0.39, 0.29) is 23.4 Å². The van der Waals surface area contributed by atoms with E-state index in [0.717, 1.165) is 18.7 Å². The normalized spacial score (nSPS) is 23.4. The molecule has 0 radical (unpaired) electrons. The Balaban J connectivity index is 2.09. The second-order valence-electron chi connectivity index (χ2n) is 4.81. The predicted molar refractivity (Wildman–Crippen MR) is 65.6 cm³/mol. The topological polar surface area (TPSA) is 41.1 Å². The molecule has 2 atom stereocenters. The first kappa shape index (κ1) is 13.9. The van der Waals surface area contributed by atoms with Crippen LogP contribution in [0.25, 0.3) is 0 Å². The van der Waals surface area contributed by atoms with Crippen molar-refractivity contribution in [1.29, 1.82) is 0 Å². The van der Waals surface area contributed by atoms with Gasteiger partial charge < -0.3 is 10.6 Å². The average Bonchev–Trinajstić information content (AvgIpc) is 2.75. The van der Waals surface area contributed by atoms with E-state index in [1.165, 1.54) is 12.1 Å². The number of hydrogen-bond acceptors (Lipinski definition) is 2. The standard InChI is InChI=1S/C13H15F3N2O/c1-8-6-17-7-11(8)12(19)18-10-4-2-3-9(5-10)13(14,15)16/h2-5,8,11,17H,6-7H2,1H3,(H,18,19). The first-order valence-corrected chi connectivity index (χ1v) is 6.07. The summed E-state index contributed by atoms with van der Waals surface area (Å²) in [6.07, 6.45) is -4.40. The SMILES string of the molecule is CC1CNCC1C(=O)Nc1cccc(C(F)(F)F)c1. The van der Waals surface area contributed by atoms with Crippen LogP contribution in [0.1, 0.15) is 12.5 Å². The van der Waals surface area contributed by atoms with Gasteiger partial charge in [0.2, 0.25) is 5.91 Å². The molecule has 0 aromatic heterocycles. The van der Waals surface area contributed by atoms with Crippen LogP contribution in [0.5, 0.6) is 0 Å². The van der Waals surface area contributed by atoms with E-state index in [9.17, 15) is 18.0 Å². The lowest BCUT2D eigenvalue weighted by Crippen LogP contribution is -2.27. The van der Waals surface area contributed by atoms with Gasteiger partial charge in [-0.05, 0) is 30.7 Å². The van der Waals surface area contributed by atoms with Gasteiger partial charge in [-0.15, -0.1) is 0 Å². The lowest BCUT2D eigenvalue weighted by Gasteiger charge is -2.15. The second-order valence-corrected chi connectivity index (χ2v) is 4.81. The summed E-state index contributed by atoms with van der Waals surface area (Å²) >= 11 is 0. The van der Waals surface area contributed by atoms with E-state index < -0.39 is 11.7 Å². The first-order valence-electron chi connectivity index (χ1n) is 6.07. The fourth-order valence-electron chi connectivity index (χ4n) is 2.17. The number of benzene rings is 1. The molecule has 0 spiro atoms. The van der Waals surface area contributed by atoms with Gasteiger partial charge in [0.05, 0.1) is 11.5 Å². The molecule has 2 N–H and O–H groups in total. The number of alkyl halides is 3. The van der Waals surface area contributed by atoms with Gasteiger partial charge in [0.1, 0.15) is 0 Å². The van der Waals surface area contributed by atoms with Gasteiger partial charge in [-0.25, -0.2) is 0 Å². The molecule has 6 heteroatoms. The Morgan fingerprint density at radius 2 is 2.11 bits per heavy atom. The lowest BCUT2D eigenvalue weighted by molar-refractivity contribution is -0.137. The Morgan fingerprint density at radius 3 is 2.68 bits per heavy atom. The number of carbonyl (C=O) groups is 1. The van der Waals surface area contributed by atoms with Crippen LogP contribution in [0.3, 0.4) is 0 Å². The summed E-state index contributed by atoms with van der Waals surface area (Å²) in [5.41, 5.74) is -0.582. The zero-order valence-electron chi connectivity index (χ0n) is 10.4. The third-order valence-corrected chi connectivity index (χ3v) is 3.31. The number of nitrogens with one attached hydrogen (secondary N) is 2. The predicted octanol–water partition coefficient (Wildman–Crippen LogP) is 2.50. The largest absolute Gasteiger partial charge is 0.416 e. The van der Waals surface area contributed by atoms with Crippen LogP contribution in [0.15, 0.2) is 24.3 Å². The zero-order chi connectivity index (χ0) is 14.0. The van der Waals surface area contributed by atoms with Crippen molar-refractivity contribution in [2.75, 3.05) is 18.4 Å². The summed E-state index contributed by atoms with van der Waals surface area (Å²) in [6, 6.07) is 4.68. The van der Waals surface area contributed by atoms with E-state index in [0.29, 0.717) is 6.54 Å². The molecule has 2 unspecified atom stereocenters. The van der Waals surface area contributed by atoms with Gasteiger partial charge in [-0.2, -0.15) is 13.2 Å². The molecule has 3 nitrogen and oxygen atoms in total. The van der Waals surface area contributed by atoms with Crippen LogP contribution in [0, 0.1) is 11.8 Å². The maximum absolute atomic E-state index is 12.5. The summed E-state index contributed by atoms with van der Waals surface area (Å²) < 4.78 is 37.6. The number of hydrogen-bond donors (Lipinski definition) is 2. The van der Waals surface area contributed by atoms with E-state index in [1.807, 2.05) is 6.92 Å². The van der Waals surface area contributed by atoms with E-state index in [2.05, 4.69) is 10.6 Å². The summed E-state index contributed by atoms with van der Waals surface area (Å²) in [5, 5.41) is 5.63. The minimum absolute atomic E-state index is 0.180. The molecular weight excluding hydrogens is 257 g/mol. The maximum atomic E-state index is 12.5. The summed E-state index contributed by atoms with van der Waals surface area (Å²) in [5.74, 6) is -0.253. The van der Waals surface area contributed by atoms with Crippen molar-refractivity contribution in [3.8, 4) is 0 Å². The monoisotopic (exact) mass is 272 g/mol. The summed E-state index contributed by atoms with van der Waals surface area (Å²) in [7, 11) is 0. The quantitative estimate of drug-likeness (QED) is 0.868. The fourth-order valence-corrected chi connectivity index (χ4v) is 2.17. The Labute approximate surface area is 109 Å². The lowest BCUT2D eigenvalue weighted by atomic mass is 9.97. The minimum atomic E-state index is -4.40. The number of anilines is 1. The molecule has 0 saturated carbocycles. The van der Waals surface area contributed by atoms with Gasteiger partial charge in [-0.1, -0.05) is 13.0 Å². The number of rotatable bonds is 2. The van der Waals surface area contributed by atoms with Crippen molar-refractivity contribution < 1.29 is 18.0 Å². The van der Waals surface area contributed by atoms with Crippen LogP contribution in [-0.4, -0.2) is 19.0 Å². The molecule has 1 amide bonds. The van der Waals surface area contributed by atoms with Crippen LogP contribution < -0.4 is 10.6 Å². The van der Waals surface area contributed by atoms with Crippen LogP contribution >= 0.6 is 0 Å². The number of amides is 1. The molecule has 1 heterocycles.